The van der Waals surface area contributed by atoms with Gasteiger partial charge < -0.3 is 10.1 Å². The van der Waals surface area contributed by atoms with Gasteiger partial charge in [0.15, 0.2) is 0 Å². The Kier molecular flexibility index (Phi) is 5.20. The summed E-state index contributed by atoms with van der Waals surface area (Å²) in [6, 6.07) is 15.0. The average Bonchev–Trinajstić information content (AvgIpc) is 3.14. The third kappa shape index (κ3) is 4.02. The second kappa shape index (κ2) is 7.72. The Morgan fingerprint density at radius 1 is 1.23 bits per heavy atom. The minimum absolute atomic E-state index is 0.0244. The van der Waals surface area contributed by atoms with Crippen LogP contribution >= 0.6 is 11.3 Å². The summed E-state index contributed by atoms with van der Waals surface area (Å²) in [6.07, 6.45) is 0. The molecule has 8 heteroatoms. The normalized spacial score (nSPS) is 10.4. The Labute approximate surface area is 151 Å². The second-order valence-electron chi connectivity index (χ2n) is 5.06. The minimum Gasteiger partial charge on any atom is -0.433 e. The first-order chi connectivity index (χ1) is 12.6. The van der Waals surface area contributed by atoms with Crippen molar-refractivity contribution in [2.45, 2.75) is 6.61 Å². The smallest absolute Gasteiger partial charge is 0.387 e. The molecule has 0 aliphatic carbocycles. The van der Waals surface area contributed by atoms with Crippen molar-refractivity contribution in [3.8, 4) is 22.4 Å². The number of anilines is 1. The van der Waals surface area contributed by atoms with E-state index in [1.165, 1.54) is 29.5 Å². The Morgan fingerprint density at radius 2 is 2.00 bits per heavy atom. The van der Waals surface area contributed by atoms with Gasteiger partial charge >= 0.3 is 6.61 Å². The number of carbonyl (C=O) groups excluding carboxylic acids is 1. The summed E-state index contributed by atoms with van der Waals surface area (Å²) in [4.78, 5) is 16.7. The first-order valence-corrected chi connectivity index (χ1v) is 8.26. The highest BCUT2D eigenvalue weighted by molar-refractivity contribution is 7.13. The number of benzene rings is 2. The monoisotopic (exact) mass is 371 g/mol. The number of nitriles is 1. The van der Waals surface area contributed by atoms with Crippen molar-refractivity contribution < 1.29 is 18.3 Å². The number of nitrogens with one attached hydrogen (secondary N) is 1. The topological polar surface area (TPSA) is 75.0 Å². The van der Waals surface area contributed by atoms with E-state index in [-0.39, 0.29) is 22.7 Å². The van der Waals surface area contributed by atoms with Crippen LogP contribution in [0.3, 0.4) is 0 Å². The van der Waals surface area contributed by atoms with Crippen LogP contribution in [0.4, 0.5) is 14.5 Å². The highest BCUT2D eigenvalue weighted by Crippen LogP contribution is 2.29. The van der Waals surface area contributed by atoms with Crippen LogP contribution in [0.2, 0.25) is 0 Å². The third-order valence-corrected chi connectivity index (χ3v) is 4.22. The molecule has 5 nitrogen and oxygen atoms in total. The summed E-state index contributed by atoms with van der Waals surface area (Å²) >= 11 is 1.29. The molecule has 1 amide bonds. The van der Waals surface area contributed by atoms with Gasteiger partial charge in [0.2, 0.25) is 0 Å². The number of nitrogens with zero attached hydrogens (tertiary/aromatic N) is 2. The van der Waals surface area contributed by atoms with E-state index in [1.54, 1.807) is 5.38 Å². The van der Waals surface area contributed by atoms with Crippen molar-refractivity contribution in [2.24, 2.45) is 0 Å². The Bertz CT molecular complexity index is 968. The quantitative estimate of drug-likeness (QED) is 0.715. The van der Waals surface area contributed by atoms with Gasteiger partial charge in [-0.15, -0.1) is 11.3 Å². The standard InChI is InChI=1S/C18H11F2N3O2S/c19-18(20)25-15-7-6-11(9-21)8-13(15)22-16(24)14-10-26-17(23-14)12-4-2-1-3-5-12/h1-8,10,18H,(H,22,24). The fourth-order valence-electron chi connectivity index (χ4n) is 2.17. The molecule has 0 bridgehead atoms. The fourth-order valence-corrected chi connectivity index (χ4v) is 2.98. The molecule has 0 radical (unpaired) electrons. The molecule has 26 heavy (non-hydrogen) atoms. The summed E-state index contributed by atoms with van der Waals surface area (Å²) in [5.41, 5.74) is 1.18. The van der Waals surface area contributed by atoms with Crippen LogP contribution in [0.1, 0.15) is 16.1 Å². The zero-order valence-corrected chi connectivity index (χ0v) is 14.0. The number of rotatable bonds is 5. The molecule has 130 valence electrons. The van der Waals surface area contributed by atoms with E-state index in [0.29, 0.717) is 5.01 Å². The zero-order chi connectivity index (χ0) is 18.5. The van der Waals surface area contributed by atoms with Crippen LogP contribution < -0.4 is 10.1 Å². The average molecular weight is 371 g/mol. The molecule has 0 spiro atoms. The van der Waals surface area contributed by atoms with Crippen LogP contribution in [0.15, 0.2) is 53.9 Å². The molecule has 1 aromatic heterocycles. The lowest BCUT2D eigenvalue weighted by molar-refractivity contribution is -0.0493. The van der Waals surface area contributed by atoms with Gasteiger partial charge in [0.1, 0.15) is 16.5 Å². The lowest BCUT2D eigenvalue weighted by atomic mass is 10.2. The molecule has 0 aliphatic rings. The molecular formula is C18H11F2N3O2S. The van der Waals surface area contributed by atoms with Gasteiger partial charge in [0, 0.05) is 10.9 Å². The van der Waals surface area contributed by atoms with Crippen molar-refractivity contribution in [3.63, 3.8) is 0 Å². The van der Waals surface area contributed by atoms with Crippen LogP contribution in [0.5, 0.6) is 5.75 Å². The molecule has 3 rings (SSSR count). The summed E-state index contributed by atoms with van der Waals surface area (Å²) < 4.78 is 29.4. The Morgan fingerprint density at radius 3 is 2.69 bits per heavy atom. The highest BCUT2D eigenvalue weighted by atomic mass is 32.1. The first-order valence-electron chi connectivity index (χ1n) is 7.38. The first kappa shape index (κ1) is 17.5. The van der Waals surface area contributed by atoms with E-state index in [4.69, 9.17) is 5.26 Å². The van der Waals surface area contributed by atoms with Gasteiger partial charge in [-0.1, -0.05) is 30.3 Å². The lowest BCUT2D eigenvalue weighted by Crippen LogP contribution is -2.14. The number of alkyl halides is 2. The predicted octanol–water partition coefficient (Wildman–Crippen LogP) is 4.54. The SMILES string of the molecule is N#Cc1ccc(OC(F)F)c(NC(=O)c2csc(-c3ccccc3)n2)c1. The van der Waals surface area contributed by atoms with E-state index < -0.39 is 12.5 Å². The molecule has 0 saturated heterocycles. The molecule has 0 saturated carbocycles. The summed E-state index contributed by atoms with van der Waals surface area (Å²) in [6.45, 7) is -3.05. The van der Waals surface area contributed by atoms with Crippen molar-refractivity contribution in [3.05, 3.63) is 65.2 Å². The molecule has 1 N–H and O–H groups in total. The predicted molar refractivity (Wildman–Crippen MR) is 93.3 cm³/mol. The number of halogens is 2. The van der Waals surface area contributed by atoms with Crippen molar-refractivity contribution in [2.75, 3.05) is 5.32 Å². The summed E-state index contributed by atoms with van der Waals surface area (Å²) in [5, 5.41) is 13.6. The highest BCUT2D eigenvalue weighted by Gasteiger charge is 2.16. The van der Waals surface area contributed by atoms with Gasteiger partial charge in [0.05, 0.1) is 17.3 Å². The fraction of sp³-hybridized carbons (Fsp3) is 0.0556. The van der Waals surface area contributed by atoms with Crippen LogP contribution in [0, 0.1) is 11.3 Å². The van der Waals surface area contributed by atoms with Gasteiger partial charge in [-0.25, -0.2) is 4.98 Å². The number of hydrogen-bond donors (Lipinski definition) is 1. The maximum Gasteiger partial charge on any atom is 0.387 e. The van der Waals surface area contributed by atoms with Crippen LogP contribution in [-0.2, 0) is 0 Å². The molecule has 0 unspecified atom stereocenters. The van der Waals surface area contributed by atoms with Crippen LogP contribution in [0.25, 0.3) is 10.6 Å². The molecule has 0 atom stereocenters. The molecule has 3 aromatic rings. The van der Waals surface area contributed by atoms with E-state index in [9.17, 15) is 13.6 Å². The number of carbonyl (C=O) groups is 1. The van der Waals surface area contributed by atoms with Gasteiger partial charge in [0.25, 0.3) is 5.91 Å². The second-order valence-corrected chi connectivity index (χ2v) is 5.92. The molecule has 0 fully saturated rings. The number of ether oxygens (including phenoxy) is 1. The molecule has 0 aliphatic heterocycles. The zero-order valence-electron chi connectivity index (χ0n) is 13.1. The Balaban J connectivity index is 1.84. The lowest BCUT2D eigenvalue weighted by Gasteiger charge is -2.11. The van der Waals surface area contributed by atoms with E-state index in [1.807, 2.05) is 36.4 Å². The number of thiazole rings is 1. The van der Waals surface area contributed by atoms with Crippen LogP contribution in [-0.4, -0.2) is 17.5 Å². The van der Waals surface area contributed by atoms with Crippen molar-refractivity contribution in [1.82, 2.24) is 4.98 Å². The van der Waals surface area contributed by atoms with Gasteiger partial charge in [-0.2, -0.15) is 14.0 Å². The molecule has 1 heterocycles. The van der Waals surface area contributed by atoms with Gasteiger partial charge in [-0.3, -0.25) is 4.79 Å². The number of hydrogen-bond acceptors (Lipinski definition) is 5. The summed E-state index contributed by atoms with van der Waals surface area (Å²) in [5.74, 6) is -0.816. The van der Waals surface area contributed by atoms with Gasteiger partial charge in [-0.05, 0) is 18.2 Å². The maximum absolute atomic E-state index is 12.5. The molecular weight excluding hydrogens is 360 g/mol. The van der Waals surface area contributed by atoms with E-state index in [0.717, 1.165) is 5.56 Å². The third-order valence-electron chi connectivity index (χ3n) is 3.33. The minimum atomic E-state index is -3.05. The Hall–Kier alpha value is -3.31. The number of amides is 1. The van der Waals surface area contributed by atoms with Crippen molar-refractivity contribution >= 4 is 22.9 Å². The van der Waals surface area contributed by atoms with Crippen molar-refractivity contribution in [1.29, 1.82) is 5.26 Å². The van der Waals surface area contributed by atoms with E-state index >= 15 is 0 Å². The maximum atomic E-state index is 12.5. The van der Waals surface area contributed by atoms with E-state index in [2.05, 4.69) is 15.0 Å². The largest absolute Gasteiger partial charge is 0.433 e. The molecule has 2 aromatic carbocycles. The number of aromatic nitrogens is 1. The summed E-state index contributed by atoms with van der Waals surface area (Å²) in [7, 11) is 0.